The molecule has 0 atom stereocenters. The van der Waals surface area contributed by atoms with Gasteiger partial charge >= 0.3 is 0 Å². The second kappa shape index (κ2) is 8.28. The van der Waals surface area contributed by atoms with Crippen molar-refractivity contribution in [3.05, 3.63) is 65.6 Å². The summed E-state index contributed by atoms with van der Waals surface area (Å²) in [7, 11) is 0. The first-order valence-corrected chi connectivity index (χ1v) is 9.68. The summed E-state index contributed by atoms with van der Waals surface area (Å²) in [6, 6.07) is 11.6. The van der Waals surface area contributed by atoms with Gasteiger partial charge in [-0.3, -0.25) is 14.8 Å². The number of pyridine rings is 2. The largest absolute Gasteiger partial charge is 0.378 e. The van der Waals surface area contributed by atoms with Crippen LogP contribution >= 0.6 is 11.3 Å². The smallest absolute Gasteiger partial charge is 0.261 e. The number of carbonyl (C=O) groups is 1. The Bertz CT molecular complexity index is 893. The fourth-order valence-corrected chi connectivity index (χ4v) is 4.13. The van der Waals surface area contributed by atoms with E-state index >= 15 is 0 Å². The van der Waals surface area contributed by atoms with Crippen LogP contribution in [0.25, 0.3) is 11.1 Å². The number of rotatable bonds is 5. The fraction of sp³-hybridized carbons (Fsp3) is 0.250. The van der Waals surface area contributed by atoms with Crippen LogP contribution in [0.15, 0.2) is 55.0 Å². The van der Waals surface area contributed by atoms with Gasteiger partial charge in [-0.25, -0.2) is 0 Å². The number of morpholine rings is 1. The van der Waals surface area contributed by atoms with E-state index in [9.17, 15) is 4.79 Å². The lowest BCUT2D eigenvalue weighted by molar-refractivity contribution is 0.0954. The lowest BCUT2D eigenvalue weighted by Crippen LogP contribution is -2.35. The topological polar surface area (TPSA) is 67.4 Å². The highest BCUT2D eigenvalue weighted by molar-refractivity contribution is 7.18. The highest BCUT2D eigenvalue weighted by Crippen LogP contribution is 2.39. The minimum atomic E-state index is -0.0877. The molecule has 6 nitrogen and oxygen atoms in total. The molecular weight excluding hydrogens is 360 g/mol. The molecule has 1 amide bonds. The maximum Gasteiger partial charge on any atom is 0.261 e. The first kappa shape index (κ1) is 17.6. The number of carbonyl (C=O) groups excluding carboxylic acids is 1. The van der Waals surface area contributed by atoms with E-state index in [0.29, 0.717) is 24.6 Å². The Morgan fingerprint density at radius 2 is 2.07 bits per heavy atom. The summed E-state index contributed by atoms with van der Waals surface area (Å²) in [6.45, 7) is 3.45. The zero-order valence-electron chi connectivity index (χ0n) is 14.8. The van der Waals surface area contributed by atoms with Gasteiger partial charge in [-0.15, -0.1) is 11.3 Å². The summed E-state index contributed by atoms with van der Waals surface area (Å²) in [5.41, 5.74) is 2.89. The van der Waals surface area contributed by atoms with Gasteiger partial charge in [-0.2, -0.15) is 0 Å². The summed E-state index contributed by atoms with van der Waals surface area (Å²) in [5.74, 6) is -0.0877. The van der Waals surface area contributed by atoms with E-state index < -0.39 is 0 Å². The Balaban J connectivity index is 1.59. The molecule has 0 spiro atoms. The standard InChI is InChI=1S/C20H20N4O2S/c25-19(23-14-16-5-1-2-7-22-16)18-12-17(15-4-3-6-21-13-15)20(27-18)24-8-10-26-11-9-24/h1-7,12-13H,8-11,14H2,(H,23,25). The van der Waals surface area contributed by atoms with Gasteiger partial charge < -0.3 is 15.0 Å². The Labute approximate surface area is 161 Å². The molecule has 3 aromatic heterocycles. The fourth-order valence-electron chi connectivity index (χ4n) is 2.98. The molecule has 1 saturated heterocycles. The summed E-state index contributed by atoms with van der Waals surface area (Å²) in [5, 5.41) is 4.05. The van der Waals surface area contributed by atoms with Crippen LogP contribution in [0.1, 0.15) is 15.4 Å². The maximum atomic E-state index is 12.7. The molecule has 0 unspecified atom stereocenters. The van der Waals surface area contributed by atoms with Crippen molar-refractivity contribution in [3.63, 3.8) is 0 Å². The molecule has 4 heterocycles. The summed E-state index contributed by atoms with van der Waals surface area (Å²) >= 11 is 1.51. The van der Waals surface area contributed by atoms with Crippen molar-refractivity contribution in [3.8, 4) is 11.1 Å². The van der Waals surface area contributed by atoms with E-state index in [1.807, 2.05) is 42.6 Å². The lowest BCUT2D eigenvalue weighted by atomic mass is 10.1. The molecule has 1 fully saturated rings. The molecule has 0 aliphatic carbocycles. The minimum Gasteiger partial charge on any atom is -0.378 e. The van der Waals surface area contributed by atoms with E-state index in [4.69, 9.17) is 4.74 Å². The number of thiophene rings is 1. The molecule has 27 heavy (non-hydrogen) atoms. The third-order valence-electron chi connectivity index (χ3n) is 4.36. The molecule has 7 heteroatoms. The molecule has 1 aliphatic rings. The maximum absolute atomic E-state index is 12.7. The van der Waals surface area contributed by atoms with Crippen LogP contribution in [-0.4, -0.2) is 42.2 Å². The molecule has 0 radical (unpaired) electrons. The molecule has 1 N–H and O–H groups in total. The van der Waals surface area contributed by atoms with Crippen LogP contribution < -0.4 is 10.2 Å². The average Bonchev–Trinajstić information content (AvgIpc) is 3.20. The Kier molecular flexibility index (Phi) is 5.41. The van der Waals surface area contributed by atoms with Crippen molar-refractivity contribution in [1.82, 2.24) is 15.3 Å². The van der Waals surface area contributed by atoms with Crippen LogP contribution in [0, 0.1) is 0 Å². The van der Waals surface area contributed by atoms with E-state index in [-0.39, 0.29) is 5.91 Å². The van der Waals surface area contributed by atoms with Gasteiger partial charge in [0, 0.05) is 42.8 Å². The second-order valence-corrected chi connectivity index (χ2v) is 7.21. The van der Waals surface area contributed by atoms with Crippen LogP contribution in [-0.2, 0) is 11.3 Å². The van der Waals surface area contributed by atoms with Gasteiger partial charge in [0.2, 0.25) is 0 Å². The first-order valence-electron chi connectivity index (χ1n) is 8.86. The summed E-state index contributed by atoms with van der Waals surface area (Å²) < 4.78 is 5.47. The monoisotopic (exact) mass is 380 g/mol. The van der Waals surface area contributed by atoms with Crippen molar-refractivity contribution >= 4 is 22.2 Å². The molecule has 1 aliphatic heterocycles. The molecule has 138 valence electrons. The van der Waals surface area contributed by atoms with E-state index in [1.165, 1.54) is 11.3 Å². The molecule has 3 aromatic rings. The predicted octanol–water partition coefficient (Wildman–Crippen LogP) is 2.97. The number of anilines is 1. The Hall–Kier alpha value is -2.77. The average molecular weight is 380 g/mol. The van der Waals surface area contributed by atoms with Gasteiger partial charge in [0.15, 0.2) is 0 Å². The van der Waals surface area contributed by atoms with E-state index in [2.05, 4.69) is 20.2 Å². The zero-order chi connectivity index (χ0) is 18.5. The summed E-state index contributed by atoms with van der Waals surface area (Å²) in [4.78, 5) is 24.2. The predicted molar refractivity (Wildman–Crippen MR) is 106 cm³/mol. The van der Waals surface area contributed by atoms with Crippen molar-refractivity contribution < 1.29 is 9.53 Å². The minimum absolute atomic E-state index is 0.0877. The number of hydrogen-bond acceptors (Lipinski definition) is 6. The number of amides is 1. The first-order chi connectivity index (χ1) is 13.3. The molecule has 0 bridgehead atoms. The third-order valence-corrected chi connectivity index (χ3v) is 5.56. The lowest BCUT2D eigenvalue weighted by Gasteiger charge is -2.28. The number of nitrogens with zero attached hydrogens (tertiary/aromatic N) is 3. The van der Waals surface area contributed by atoms with Gasteiger partial charge in [0.25, 0.3) is 5.91 Å². The number of aromatic nitrogens is 2. The molecular formula is C20H20N4O2S. The SMILES string of the molecule is O=C(NCc1ccccn1)c1cc(-c2cccnc2)c(N2CCOCC2)s1. The quantitative estimate of drug-likeness (QED) is 0.737. The Morgan fingerprint density at radius 3 is 2.81 bits per heavy atom. The second-order valence-electron chi connectivity index (χ2n) is 6.17. The number of ether oxygens (including phenoxy) is 1. The number of nitrogens with one attached hydrogen (secondary N) is 1. The highest BCUT2D eigenvalue weighted by atomic mass is 32.1. The molecule has 0 saturated carbocycles. The van der Waals surface area contributed by atoms with Gasteiger partial charge in [-0.05, 0) is 24.3 Å². The van der Waals surface area contributed by atoms with Crippen LogP contribution in [0.4, 0.5) is 5.00 Å². The van der Waals surface area contributed by atoms with Crippen molar-refractivity contribution in [2.45, 2.75) is 6.54 Å². The molecule has 0 aromatic carbocycles. The normalized spacial score (nSPS) is 14.1. The van der Waals surface area contributed by atoms with E-state index in [0.717, 1.165) is 34.9 Å². The Morgan fingerprint density at radius 1 is 1.19 bits per heavy atom. The van der Waals surface area contributed by atoms with Gasteiger partial charge in [-0.1, -0.05) is 12.1 Å². The molecule has 4 rings (SSSR count). The highest BCUT2D eigenvalue weighted by Gasteiger charge is 2.22. The van der Waals surface area contributed by atoms with Crippen LogP contribution in [0.5, 0.6) is 0 Å². The van der Waals surface area contributed by atoms with Crippen LogP contribution in [0.3, 0.4) is 0 Å². The third kappa shape index (κ3) is 4.15. The van der Waals surface area contributed by atoms with Gasteiger partial charge in [0.05, 0.1) is 35.3 Å². The van der Waals surface area contributed by atoms with E-state index in [1.54, 1.807) is 12.4 Å². The summed E-state index contributed by atoms with van der Waals surface area (Å²) in [6.07, 6.45) is 5.32. The van der Waals surface area contributed by atoms with Gasteiger partial charge in [0.1, 0.15) is 0 Å². The zero-order valence-corrected chi connectivity index (χ0v) is 15.6. The van der Waals surface area contributed by atoms with Crippen molar-refractivity contribution in [2.75, 3.05) is 31.2 Å². The number of hydrogen-bond donors (Lipinski definition) is 1. The van der Waals surface area contributed by atoms with Crippen LogP contribution in [0.2, 0.25) is 0 Å². The van der Waals surface area contributed by atoms with Crippen molar-refractivity contribution in [1.29, 1.82) is 0 Å². The van der Waals surface area contributed by atoms with Crippen molar-refractivity contribution in [2.24, 2.45) is 0 Å².